The first-order valence-corrected chi connectivity index (χ1v) is 11.1. The zero-order valence-corrected chi connectivity index (χ0v) is 20.5. The molecule has 30 heavy (non-hydrogen) atoms. The van der Waals surface area contributed by atoms with Crippen molar-refractivity contribution >= 4 is 13.0 Å². The van der Waals surface area contributed by atoms with Gasteiger partial charge in [0, 0.05) is 5.69 Å². The molecule has 0 atom stereocenters. The summed E-state index contributed by atoms with van der Waals surface area (Å²) in [6.07, 6.45) is 0. The molecule has 2 aromatic rings. The molecule has 164 valence electrons. The van der Waals surface area contributed by atoms with Crippen molar-refractivity contribution in [2.24, 2.45) is 0 Å². The van der Waals surface area contributed by atoms with E-state index in [0.717, 1.165) is 27.9 Å². The maximum Gasteiger partial charge on any atom is 0.703 e. The summed E-state index contributed by atoms with van der Waals surface area (Å²) in [5, 5.41) is 3.06. The summed E-state index contributed by atoms with van der Waals surface area (Å²) in [6.45, 7) is 21.3. The van der Waals surface area contributed by atoms with Gasteiger partial charge in [-0.05, 0) is 44.9 Å². The van der Waals surface area contributed by atoms with Crippen LogP contribution in [0, 0.1) is 0 Å². The van der Waals surface area contributed by atoms with Gasteiger partial charge in [0.1, 0.15) is 5.75 Å². The Morgan fingerprint density at radius 3 is 1.53 bits per heavy atom. The predicted molar refractivity (Wildman–Crippen MR) is 130 cm³/mol. The summed E-state index contributed by atoms with van der Waals surface area (Å²) in [5.74, 6) is 1.21. The second kappa shape index (κ2) is 9.04. The van der Waals surface area contributed by atoms with Crippen molar-refractivity contribution in [1.29, 1.82) is 0 Å². The molecule has 0 radical (unpaired) electrons. The van der Waals surface area contributed by atoms with Crippen molar-refractivity contribution in [2.75, 3.05) is 5.23 Å². The van der Waals surface area contributed by atoms with Crippen molar-refractivity contribution < 1.29 is 8.97 Å². The first kappa shape index (κ1) is 24.3. The molecule has 0 amide bonds. The standard InChI is InChI=1S/C26H39BFNO/c1-17(2)19-13-11-14-20(18(3)4)23(19)29-27(28)30-24-21(25(5,6)7)15-12-16-22(24)26(8,9)10/h11-18,29H,1-10H3. The van der Waals surface area contributed by atoms with Crippen molar-refractivity contribution in [1.82, 2.24) is 0 Å². The molecule has 0 aliphatic rings. The fraction of sp³-hybridized carbons (Fsp3) is 0.538. The number of benzene rings is 2. The predicted octanol–water partition coefficient (Wildman–Crippen LogP) is 7.97. The van der Waals surface area contributed by atoms with Gasteiger partial charge in [0.2, 0.25) is 0 Å². The zero-order chi connectivity index (χ0) is 22.9. The number of halogens is 1. The highest BCUT2D eigenvalue weighted by Crippen LogP contribution is 2.40. The summed E-state index contributed by atoms with van der Waals surface area (Å²) in [6, 6.07) is 12.3. The van der Waals surface area contributed by atoms with Gasteiger partial charge in [-0.25, -0.2) is 0 Å². The minimum absolute atomic E-state index is 0.157. The first-order chi connectivity index (χ1) is 13.7. The van der Waals surface area contributed by atoms with E-state index in [-0.39, 0.29) is 22.7 Å². The summed E-state index contributed by atoms with van der Waals surface area (Å²) >= 11 is 0. The molecule has 2 nitrogen and oxygen atoms in total. The zero-order valence-electron chi connectivity index (χ0n) is 20.5. The second-order valence-corrected chi connectivity index (χ2v) is 10.9. The second-order valence-electron chi connectivity index (χ2n) is 10.9. The normalized spacial score (nSPS) is 12.4. The summed E-state index contributed by atoms with van der Waals surface area (Å²) in [5.41, 5.74) is 4.77. The molecule has 0 aliphatic carbocycles. The number of hydrogen-bond donors (Lipinski definition) is 1. The van der Waals surface area contributed by atoms with Crippen LogP contribution in [0.3, 0.4) is 0 Å². The first-order valence-electron chi connectivity index (χ1n) is 11.1. The molecule has 0 saturated carbocycles. The van der Waals surface area contributed by atoms with Gasteiger partial charge in [0.15, 0.2) is 0 Å². The Morgan fingerprint density at radius 1 is 0.767 bits per heavy atom. The Labute approximate surface area is 183 Å². The van der Waals surface area contributed by atoms with E-state index in [2.05, 4.69) is 92.7 Å². The highest BCUT2D eigenvalue weighted by Gasteiger charge is 2.31. The van der Waals surface area contributed by atoms with Gasteiger partial charge in [0.25, 0.3) is 0 Å². The number of para-hydroxylation sites is 2. The van der Waals surface area contributed by atoms with Crippen LogP contribution in [0.4, 0.5) is 10.0 Å². The van der Waals surface area contributed by atoms with Gasteiger partial charge in [-0.1, -0.05) is 106 Å². The molecule has 0 aliphatic heterocycles. The van der Waals surface area contributed by atoms with Crippen LogP contribution in [0.1, 0.15) is 103 Å². The minimum Gasteiger partial charge on any atom is -0.514 e. The fourth-order valence-electron chi connectivity index (χ4n) is 3.81. The van der Waals surface area contributed by atoms with Crippen LogP contribution in [-0.2, 0) is 10.8 Å². The SMILES string of the molecule is CC(C)c1cccc(C(C)C)c1NB(F)Oc1c(C(C)(C)C)cccc1C(C)(C)C. The lowest BCUT2D eigenvalue weighted by Gasteiger charge is -2.30. The topological polar surface area (TPSA) is 21.3 Å². The molecule has 0 heterocycles. The molecular formula is C26H39BFNO. The van der Waals surface area contributed by atoms with E-state index >= 15 is 4.32 Å². The molecular weight excluding hydrogens is 372 g/mol. The van der Waals surface area contributed by atoms with Crippen molar-refractivity contribution in [3.63, 3.8) is 0 Å². The molecule has 1 N–H and O–H groups in total. The highest BCUT2D eigenvalue weighted by molar-refractivity contribution is 6.49. The maximum atomic E-state index is 15.5. The van der Waals surface area contributed by atoms with Crippen LogP contribution in [0.2, 0.25) is 0 Å². The van der Waals surface area contributed by atoms with Crippen molar-refractivity contribution in [2.45, 2.75) is 91.9 Å². The quantitative estimate of drug-likeness (QED) is 0.487. The Morgan fingerprint density at radius 2 is 1.17 bits per heavy atom. The summed E-state index contributed by atoms with van der Waals surface area (Å²) < 4.78 is 21.5. The molecule has 0 fully saturated rings. The van der Waals surface area contributed by atoms with Crippen molar-refractivity contribution in [3.8, 4) is 5.75 Å². The lowest BCUT2D eigenvalue weighted by Crippen LogP contribution is -2.31. The summed E-state index contributed by atoms with van der Waals surface area (Å²) in [7, 11) is -1.65. The molecule has 0 aromatic heterocycles. The molecule has 2 rings (SSSR count). The molecule has 0 saturated heterocycles. The lowest BCUT2D eigenvalue weighted by molar-refractivity contribution is 0.456. The van der Waals surface area contributed by atoms with Crippen LogP contribution < -0.4 is 9.88 Å². The maximum absolute atomic E-state index is 15.5. The Balaban J connectivity index is 2.49. The third kappa shape index (κ3) is 5.59. The van der Waals surface area contributed by atoms with E-state index in [1.54, 1.807) is 0 Å². The lowest BCUT2D eigenvalue weighted by atomic mass is 9.79. The molecule has 0 spiro atoms. The average molecular weight is 411 g/mol. The Hall–Kier alpha value is -1.97. The summed E-state index contributed by atoms with van der Waals surface area (Å²) in [4.78, 5) is 0. The minimum atomic E-state index is -1.65. The van der Waals surface area contributed by atoms with Crippen LogP contribution in [-0.4, -0.2) is 7.33 Å². The number of rotatable bonds is 6. The molecule has 0 unspecified atom stereocenters. The molecule has 2 aromatic carbocycles. The van der Waals surface area contributed by atoms with Gasteiger partial charge < -0.3 is 9.88 Å². The number of hydrogen-bond acceptors (Lipinski definition) is 2. The van der Waals surface area contributed by atoms with Crippen LogP contribution in [0.15, 0.2) is 36.4 Å². The third-order valence-corrected chi connectivity index (χ3v) is 5.48. The van der Waals surface area contributed by atoms with E-state index < -0.39 is 7.33 Å². The largest absolute Gasteiger partial charge is 0.703 e. The van der Waals surface area contributed by atoms with Gasteiger partial charge >= 0.3 is 7.33 Å². The molecule has 0 bridgehead atoms. The fourth-order valence-corrected chi connectivity index (χ4v) is 3.81. The van der Waals surface area contributed by atoms with E-state index in [1.165, 1.54) is 0 Å². The van der Waals surface area contributed by atoms with Crippen molar-refractivity contribution in [3.05, 3.63) is 58.7 Å². The Bertz CT molecular complexity index is 804. The van der Waals surface area contributed by atoms with E-state index in [1.807, 2.05) is 18.2 Å². The van der Waals surface area contributed by atoms with Gasteiger partial charge in [-0.15, -0.1) is 0 Å². The van der Waals surface area contributed by atoms with Crippen LogP contribution in [0.5, 0.6) is 5.75 Å². The van der Waals surface area contributed by atoms with E-state index in [0.29, 0.717) is 5.75 Å². The van der Waals surface area contributed by atoms with Crippen LogP contribution >= 0.6 is 0 Å². The van der Waals surface area contributed by atoms with Gasteiger partial charge in [-0.3, -0.25) is 4.32 Å². The third-order valence-electron chi connectivity index (χ3n) is 5.48. The van der Waals surface area contributed by atoms with Crippen LogP contribution in [0.25, 0.3) is 0 Å². The van der Waals surface area contributed by atoms with E-state index in [9.17, 15) is 0 Å². The molecule has 4 heteroatoms. The monoisotopic (exact) mass is 411 g/mol. The van der Waals surface area contributed by atoms with E-state index in [4.69, 9.17) is 4.65 Å². The number of nitrogens with one attached hydrogen (secondary N) is 1. The van der Waals surface area contributed by atoms with Gasteiger partial charge in [0.05, 0.1) is 0 Å². The number of anilines is 1. The van der Waals surface area contributed by atoms with Gasteiger partial charge in [-0.2, -0.15) is 0 Å². The average Bonchev–Trinajstić information content (AvgIpc) is 2.59. The smallest absolute Gasteiger partial charge is 0.514 e. The Kier molecular flexibility index (Phi) is 7.32. The highest BCUT2D eigenvalue weighted by atomic mass is 19.1.